The Morgan fingerprint density at radius 1 is 0.600 bits per heavy atom. The predicted octanol–water partition coefficient (Wildman–Crippen LogP) is 8.47. The Hall–Kier alpha value is -7.88. The lowest BCUT2D eigenvalue weighted by Gasteiger charge is -2.28. The summed E-state index contributed by atoms with van der Waals surface area (Å²) in [7, 11) is 2.46. The number of likely N-dealkylation sites (tertiary alicyclic amines) is 2. The highest BCUT2D eigenvalue weighted by Gasteiger charge is 2.40. The number of anilines is 2. The van der Waals surface area contributed by atoms with Crippen molar-refractivity contribution in [2.45, 2.75) is 82.6 Å². The van der Waals surface area contributed by atoms with E-state index in [-0.39, 0.29) is 11.8 Å². The fourth-order valence-electron chi connectivity index (χ4n) is 9.49. The maximum absolute atomic E-state index is 14.2. The summed E-state index contributed by atoms with van der Waals surface area (Å²) in [4.78, 5) is 84.4. The molecule has 6 aromatic rings. The Bertz CT molecular complexity index is 2690. The van der Waals surface area contributed by atoms with Crippen LogP contribution in [0.1, 0.15) is 80.6 Å². The molecule has 2 saturated heterocycles. The largest absolute Gasteiger partial charge is 0.494 e. The summed E-state index contributed by atoms with van der Waals surface area (Å²) < 4.78 is 17.9. The molecule has 0 aliphatic carbocycles. The number of aromatic nitrogens is 1. The normalized spacial score (nSPS) is 16.3. The van der Waals surface area contributed by atoms with Gasteiger partial charge in [-0.25, -0.2) is 9.59 Å². The van der Waals surface area contributed by atoms with Crippen molar-refractivity contribution in [1.29, 1.82) is 0 Å². The fourth-order valence-corrected chi connectivity index (χ4v) is 9.49. The minimum atomic E-state index is -1.05. The lowest BCUT2D eigenvalue weighted by molar-refractivity contribution is -0.138. The van der Waals surface area contributed by atoms with E-state index in [1.807, 2.05) is 72.8 Å². The minimum Gasteiger partial charge on any atom is -0.494 e. The quantitative estimate of drug-likeness (QED) is 0.0650. The second-order valence-corrected chi connectivity index (χ2v) is 17.6. The van der Waals surface area contributed by atoms with E-state index in [1.165, 1.54) is 24.0 Å². The van der Waals surface area contributed by atoms with Gasteiger partial charge in [-0.3, -0.25) is 19.2 Å². The summed E-state index contributed by atoms with van der Waals surface area (Å²) in [6, 6.07) is 33.4. The van der Waals surface area contributed by atoms with Gasteiger partial charge in [0, 0.05) is 41.8 Å². The number of alkyl carbamates (subject to hydrolysis) is 2. The van der Waals surface area contributed by atoms with E-state index in [1.54, 1.807) is 48.5 Å². The second kappa shape index (κ2) is 22.5. The van der Waals surface area contributed by atoms with Crippen molar-refractivity contribution in [3.63, 3.8) is 0 Å². The first-order valence-corrected chi connectivity index (χ1v) is 23.9. The van der Waals surface area contributed by atoms with Crippen LogP contribution in [0.15, 0.2) is 121 Å². The number of benzene rings is 5. The van der Waals surface area contributed by atoms with Crippen LogP contribution in [0.5, 0.6) is 5.75 Å². The average molecular weight is 950 g/mol. The number of unbranched alkanes of at least 4 members (excludes halogenated alkanes) is 2. The molecule has 16 nitrogen and oxygen atoms in total. The highest BCUT2D eigenvalue weighted by atomic mass is 16.5. The number of rotatable bonds is 17. The van der Waals surface area contributed by atoms with E-state index in [4.69, 9.17) is 14.2 Å². The van der Waals surface area contributed by atoms with E-state index in [2.05, 4.69) is 32.8 Å². The zero-order valence-corrected chi connectivity index (χ0v) is 39.7. The smallest absolute Gasteiger partial charge is 0.407 e. The molecule has 0 unspecified atom stereocenters. The molecule has 3 heterocycles. The molecular formula is C54H59N7O9. The van der Waals surface area contributed by atoms with Gasteiger partial charge in [-0.15, -0.1) is 0 Å². The number of hydrogen-bond acceptors (Lipinski definition) is 9. The molecule has 4 atom stereocenters. The Morgan fingerprint density at radius 3 is 1.57 bits per heavy atom. The van der Waals surface area contributed by atoms with Crippen molar-refractivity contribution < 1.29 is 43.0 Å². The van der Waals surface area contributed by atoms with Gasteiger partial charge in [0.1, 0.15) is 29.9 Å². The molecule has 0 spiro atoms. The molecule has 364 valence electrons. The van der Waals surface area contributed by atoms with Crippen molar-refractivity contribution in [3.8, 4) is 5.75 Å². The number of hydrogen-bond donors (Lipinski definition) is 4. The van der Waals surface area contributed by atoms with Crippen LogP contribution in [-0.2, 0) is 35.2 Å². The standard InChI is InChI=1S/C54H59N7O9/c1-4-5-12-30-70-40-21-13-16-35(31-40)34-61-45-32-38(55-49(62)43-22-14-28-59(43)51(64)47(57-53(66)68-2)36-17-8-6-9-18-36)24-26-41(45)42-27-25-39(33-46(42)61)56-50(63)44-23-15-29-60(44)52(65)48(58-54(67)69-3)37-19-10-7-11-20-37/h6-11,13,16-21,24-27,31-33,43-44,47-48H,4-5,12,14-15,22-23,28-30,34H2,1-3H3,(H,55,62)(H,56,63)(H,57,66)(H,58,67)/t43-,44-,47+,48+/m0/s1. The van der Waals surface area contributed by atoms with Gasteiger partial charge in [0.05, 0.1) is 31.9 Å². The van der Waals surface area contributed by atoms with Crippen molar-refractivity contribution in [3.05, 3.63) is 138 Å². The first-order chi connectivity index (χ1) is 34.1. The Labute approximate surface area is 406 Å². The third-order valence-electron chi connectivity index (χ3n) is 13.0. The third-order valence-corrected chi connectivity index (χ3v) is 13.0. The third kappa shape index (κ3) is 11.0. The maximum atomic E-state index is 14.2. The van der Waals surface area contributed by atoms with E-state index in [9.17, 15) is 28.8 Å². The highest BCUT2D eigenvalue weighted by molar-refractivity contribution is 6.11. The van der Waals surface area contributed by atoms with Crippen LogP contribution in [0.25, 0.3) is 21.8 Å². The molecule has 2 fully saturated rings. The van der Waals surface area contributed by atoms with E-state index in [0.29, 0.717) is 74.4 Å². The number of ether oxygens (including phenoxy) is 3. The Kier molecular flexibility index (Phi) is 15.6. The summed E-state index contributed by atoms with van der Waals surface area (Å²) in [6.07, 6.45) is 3.68. The van der Waals surface area contributed by atoms with Crippen molar-refractivity contribution in [2.24, 2.45) is 0 Å². The monoisotopic (exact) mass is 949 g/mol. The molecule has 16 heteroatoms. The van der Waals surface area contributed by atoms with Gasteiger partial charge in [-0.1, -0.05) is 105 Å². The predicted molar refractivity (Wildman–Crippen MR) is 266 cm³/mol. The molecule has 70 heavy (non-hydrogen) atoms. The van der Waals surface area contributed by atoms with Gasteiger partial charge in [0.2, 0.25) is 11.8 Å². The number of fused-ring (bicyclic) bond motifs is 3. The van der Waals surface area contributed by atoms with Gasteiger partial charge in [-0.05, 0) is 85.2 Å². The number of nitrogens with one attached hydrogen (secondary N) is 4. The minimum absolute atomic E-state index is 0.340. The zero-order chi connectivity index (χ0) is 49.1. The number of methoxy groups -OCH3 is 2. The van der Waals surface area contributed by atoms with Crippen molar-refractivity contribution >= 4 is 69.0 Å². The summed E-state index contributed by atoms with van der Waals surface area (Å²) in [6.45, 7) is 3.85. The number of carbonyl (C=O) groups is 6. The lowest BCUT2D eigenvalue weighted by Crippen LogP contribution is -2.48. The fraction of sp³-hybridized carbons (Fsp3) is 0.333. The number of carbonyl (C=O) groups excluding carboxylic acids is 6. The van der Waals surface area contributed by atoms with Crippen molar-refractivity contribution in [2.75, 3.05) is 44.5 Å². The molecule has 4 N–H and O–H groups in total. The Morgan fingerprint density at radius 2 is 1.10 bits per heavy atom. The summed E-state index contributed by atoms with van der Waals surface area (Å²) in [5.41, 5.74) is 4.78. The van der Waals surface area contributed by atoms with E-state index < -0.39 is 48.2 Å². The van der Waals surface area contributed by atoms with Crippen molar-refractivity contribution in [1.82, 2.24) is 25.0 Å². The topological polar surface area (TPSA) is 190 Å². The number of amides is 6. The van der Waals surface area contributed by atoms with E-state index in [0.717, 1.165) is 52.4 Å². The molecular weight excluding hydrogens is 891 g/mol. The van der Waals surface area contributed by atoms with Gasteiger partial charge in [0.25, 0.3) is 11.8 Å². The van der Waals surface area contributed by atoms with Gasteiger partial charge < -0.3 is 49.8 Å². The summed E-state index contributed by atoms with van der Waals surface area (Å²) >= 11 is 0. The SMILES string of the molecule is CCCCCOc1cccc(Cn2c3cc(NC(=O)[C@@H]4CCCN4C(=O)[C@H](NC(=O)OC)c4ccccc4)ccc3c3ccc(NC(=O)[C@@H]4CCCN4C(=O)[C@H](NC(=O)OC)c4ccccc4)cc32)c1. The molecule has 5 aromatic carbocycles. The van der Waals surface area contributed by atoms with Crippen LogP contribution in [-0.4, -0.2) is 96.2 Å². The second-order valence-electron chi connectivity index (χ2n) is 17.6. The Balaban J connectivity index is 1.08. The average Bonchev–Trinajstić information content (AvgIpc) is 4.15. The summed E-state index contributed by atoms with van der Waals surface area (Å²) in [5.74, 6) is -0.779. The summed E-state index contributed by atoms with van der Waals surface area (Å²) in [5, 5.41) is 13.3. The van der Waals surface area contributed by atoms with Crippen LogP contribution in [0.2, 0.25) is 0 Å². The maximum Gasteiger partial charge on any atom is 0.407 e. The molecule has 2 aliphatic heterocycles. The molecule has 8 rings (SSSR count). The van der Waals surface area contributed by atoms with Crippen LogP contribution in [0.3, 0.4) is 0 Å². The van der Waals surface area contributed by atoms with E-state index >= 15 is 0 Å². The zero-order valence-electron chi connectivity index (χ0n) is 39.7. The van der Waals surface area contributed by atoms with Crippen LogP contribution >= 0.6 is 0 Å². The van der Waals surface area contributed by atoms with Gasteiger partial charge in [-0.2, -0.15) is 0 Å². The number of nitrogens with zero attached hydrogens (tertiary/aromatic N) is 3. The molecule has 6 amide bonds. The molecule has 1 aromatic heterocycles. The van der Waals surface area contributed by atoms with Gasteiger partial charge >= 0.3 is 12.2 Å². The molecule has 0 radical (unpaired) electrons. The first-order valence-electron chi connectivity index (χ1n) is 23.9. The lowest BCUT2D eigenvalue weighted by atomic mass is 10.0. The highest BCUT2D eigenvalue weighted by Crippen LogP contribution is 2.35. The van der Waals surface area contributed by atoms with Crippen LogP contribution < -0.4 is 26.0 Å². The van der Waals surface area contributed by atoms with Crippen LogP contribution in [0.4, 0.5) is 21.0 Å². The molecule has 2 aliphatic rings. The first kappa shape index (κ1) is 48.6. The van der Waals surface area contributed by atoms with Gasteiger partial charge in [0.15, 0.2) is 0 Å². The molecule has 0 saturated carbocycles. The van der Waals surface area contributed by atoms with Crippen LogP contribution in [0, 0.1) is 0 Å². The molecule has 0 bridgehead atoms.